The fourth-order valence-corrected chi connectivity index (χ4v) is 3.67. The first kappa shape index (κ1) is 22.1. The molecule has 32 heavy (non-hydrogen) atoms. The van der Waals surface area contributed by atoms with Crippen LogP contribution in [-0.2, 0) is 4.74 Å². The molecule has 0 saturated carbocycles. The Kier molecular flexibility index (Phi) is 5.84. The van der Waals surface area contributed by atoms with Crippen LogP contribution in [0.5, 0.6) is 23.0 Å². The molecule has 4 rings (SSSR count). The maximum absolute atomic E-state index is 13.1. The van der Waals surface area contributed by atoms with E-state index in [1.165, 1.54) is 38.5 Å². The standard InChI is InChI=1S/C21H22O11/c1-28-11-4-3-8-14(23)13-9(30-19(8)20(11)29-2)5-6-10(15(13)24)31-21-18(27)17(26)16(25)12(7-22)32-21/h3-6,12,16-18,21-22,24-27H,7H2,1-2H3/t12-,16-,17+,18-,21-/m1/s1. The second kappa shape index (κ2) is 8.45. The third kappa shape index (κ3) is 3.40. The summed E-state index contributed by atoms with van der Waals surface area (Å²) in [7, 11) is 2.84. The summed E-state index contributed by atoms with van der Waals surface area (Å²) in [6.07, 6.45) is -7.65. The molecule has 172 valence electrons. The van der Waals surface area contributed by atoms with Crippen molar-refractivity contribution in [3.05, 3.63) is 34.5 Å². The number of ether oxygens (including phenoxy) is 4. The number of hydrogen-bond donors (Lipinski definition) is 5. The number of rotatable bonds is 5. The SMILES string of the molecule is COc1ccc2c(=O)c3c(O)c(O[C@@H]4O[C@H](CO)[C@@H](O)[C@H](O)[C@H]4O)ccc3oc2c1OC. The molecule has 3 aromatic rings. The zero-order valence-corrected chi connectivity index (χ0v) is 17.1. The molecule has 5 atom stereocenters. The third-order valence-corrected chi connectivity index (χ3v) is 5.38. The zero-order valence-electron chi connectivity index (χ0n) is 17.1. The Morgan fingerprint density at radius 1 is 0.969 bits per heavy atom. The Bertz CT molecular complexity index is 1200. The molecular formula is C21H22O11. The van der Waals surface area contributed by atoms with Gasteiger partial charge in [0.25, 0.3) is 0 Å². The molecule has 1 aromatic heterocycles. The lowest BCUT2D eigenvalue weighted by atomic mass is 9.99. The largest absolute Gasteiger partial charge is 0.504 e. The van der Waals surface area contributed by atoms with Crippen molar-refractivity contribution in [2.24, 2.45) is 0 Å². The van der Waals surface area contributed by atoms with E-state index in [0.29, 0.717) is 5.75 Å². The number of aromatic hydroxyl groups is 1. The molecule has 0 aliphatic carbocycles. The molecule has 2 aromatic carbocycles. The number of aliphatic hydroxyl groups excluding tert-OH is 4. The average Bonchev–Trinajstić information content (AvgIpc) is 2.80. The lowest BCUT2D eigenvalue weighted by Crippen LogP contribution is -2.60. The predicted molar refractivity (Wildman–Crippen MR) is 109 cm³/mol. The monoisotopic (exact) mass is 450 g/mol. The normalized spacial score (nSPS) is 25.8. The Labute approximate surface area is 180 Å². The quantitative estimate of drug-likeness (QED) is 0.328. The molecule has 11 nitrogen and oxygen atoms in total. The molecule has 11 heteroatoms. The van der Waals surface area contributed by atoms with Gasteiger partial charge in [0.2, 0.25) is 17.5 Å². The van der Waals surface area contributed by atoms with Gasteiger partial charge in [-0.25, -0.2) is 0 Å². The van der Waals surface area contributed by atoms with E-state index in [2.05, 4.69) is 0 Å². The zero-order chi connectivity index (χ0) is 23.2. The fraction of sp³-hybridized carbons (Fsp3) is 0.381. The highest BCUT2D eigenvalue weighted by molar-refractivity contribution is 5.97. The summed E-state index contributed by atoms with van der Waals surface area (Å²) in [6, 6.07) is 5.64. The summed E-state index contributed by atoms with van der Waals surface area (Å²) < 4.78 is 27.1. The molecule has 0 radical (unpaired) electrons. The van der Waals surface area contributed by atoms with Crippen molar-refractivity contribution in [2.75, 3.05) is 20.8 Å². The van der Waals surface area contributed by atoms with Gasteiger partial charge in [0.05, 0.1) is 26.2 Å². The molecule has 0 unspecified atom stereocenters. The van der Waals surface area contributed by atoms with E-state index in [0.717, 1.165) is 0 Å². The van der Waals surface area contributed by atoms with Gasteiger partial charge in [-0.1, -0.05) is 0 Å². The van der Waals surface area contributed by atoms with Crippen LogP contribution in [0.3, 0.4) is 0 Å². The van der Waals surface area contributed by atoms with Crippen LogP contribution in [0.1, 0.15) is 0 Å². The lowest BCUT2D eigenvalue weighted by Gasteiger charge is -2.39. The maximum atomic E-state index is 13.1. The van der Waals surface area contributed by atoms with Crippen molar-refractivity contribution in [2.45, 2.75) is 30.7 Å². The number of hydrogen-bond acceptors (Lipinski definition) is 11. The summed E-state index contributed by atoms with van der Waals surface area (Å²) in [4.78, 5) is 13.1. The molecule has 1 aliphatic rings. The Morgan fingerprint density at radius 3 is 2.34 bits per heavy atom. The molecule has 5 N–H and O–H groups in total. The number of benzene rings is 2. The van der Waals surface area contributed by atoms with Crippen LogP contribution in [0, 0.1) is 0 Å². The summed E-state index contributed by atoms with van der Waals surface area (Å²) in [5.41, 5.74) is -0.405. The summed E-state index contributed by atoms with van der Waals surface area (Å²) in [6.45, 7) is -0.643. The van der Waals surface area contributed by atoms with Gasteiger partial charge in [-0.2, -0.15) is 0 Å². The van der Waals surface area contributed by atoms with Gasteiger partial charge < -0.3 is 48.9 Å². The van der Waals surface area contributed by atoms with Gasteiger partial charge in [0.1, 0.15) is 35.4 Å². The molecule has 0 bridgehead atoms. The highest BCUT2D eigenvalue weighted by Gasteiger charge is 2.45. The van der Waals surface area contributed by atoms with Crippen molar-refractivity contribution < 1.29 is 48.9 Å². The van der Waals surface area contributed by atoms with Crippen molar-refractivity contribution >= 4 is 21.9 Å². The molecular weight excluding hydrogens is 428 g/mol. The highest BCUT2D eigenvalue weighted by atomic mass is 16.7. The van der Waals surface area contributed by atoms with E-state index < -0.39 is 48.5 Å². The molecule has 1 fully saturated rings. The van der Waals surface area contributed by atoms with E-state index in [-0.39, 0.29) is 33.4 Å². The third-order valence-electron chi connectivity index (χ3n) is 5.38. The van der Waals surface area contributed by atoms with Crippen LogP contribution in [0.15, 0.2) is 33.5 Å². The second-order valence-electron chi connectivity index (χ2n) is 7.21. The smallest absolute Gasteiger partial charge is 0.229 e. The van der Waals surface area contributed by atoms with E-state index in [1.54, 1.807) is 0 Å². The first-order chi connectivity index (χ1) is 15.3. The topological polar surface area (TPSA) is 168 Å². The predicted octanol–water partition coefficient (Wildman–Crippen LogP) is -0.152. The van der Waals surface area contributed by atoms with Gasteiger partial charge in [-0.15, -0.1) is 0 Å². The molecule has 0 amide bonds. The Morgan fingerprint density at radius 2 is 1.69 bits per heavy atom. The van der Waals surface area contributed by atoms with Crippen molar-refractivity contribution in [3.8, 4) is 23.0 Å². The number of phenolic OH excluding ortho intramolecular Hbond substituents is 1. The molecule has 1 aliphatic heterocycles. The van der Waals surface area contributed by atoms with Crippen LogP contribution in [0.4, 0.5) is 0 Å². The van der Waals surface area contributed by atoms with Gasteiger partial charge in [0.15, 0.2) is 22.8 Å². The van der Waals surface area contributed by atoms with Crippen LogP contribution < -0.4 is 19.6 Å². The first-order valence-electron chi connectivity index (χ1n) is 9.63. The highest BCUT2D eigenvalue weighted by Crippen LogP contribution is 2.40. The van der Waals surface area contributed by atoms with Gasteiger partial charge in [-0.05, 0) is 24.3 Å². The van der Waals surface area contributed by atoms with Crippen molar-refractivity contribution in [1.29, 1.82) is 0 Å². The van der Waals surface area contributed by atoms with E-state index in [9.17, 15) is 30.3 Å². The fourth-order valence-electron chi connectivity index (χ4n) is 3.67. The van der Waals surface area contributed by atoms with Crippen LogP contribution >= 0.6 is 0 Å². The summed E-state index contributed by atoms with van der Waals surface area (Å²) in [5.74, 6) is -0.252. The first-order valence-corrected chi connectivity index (χ1v) is 9.63. The molecule has 0 spiro atoms. The van der Waals surface area contributed by atoms with Gasteiger partial charge in [0, 0.05) is 0 Å². The van der Waals surface area contributed by atoms with Gasteiger partial charge >= 0.3 is 0 Å². The minimum Gasteiger partial charge on any atom is -0.504 e. The average molecular weight is 450 g/mol. The van der Waals surface area contributed by atoms with E-state index >= 15 is 0 Å². The van der Waals surface area contributed by atoms with E-state index in [1.807, 2.05) is 0 Å². The lowest BCUT2D eigenvalue weighted by molar-refractivity contribution is -0.277. The van der Waals surface area contributed by atoms with Crippen molar-refractivity contribution in [1.82, 2.24) is 0 Å². The number of aliphatic hydroxyl groups is 4. The summed E-state index contributed by atoms with van der Waals surface area (Å²) >= 11 is 0. The van der Waals surface area contributed by atoms with Crippen molar-refractivity contribution in [3.63, 3.8) is 0 Å². The van der Waals surface area contributed by atoms with E-state index in [4.69, 9.17) is 23.4 Å². The number of phenols is 1. The molecule has 2 heterocycles. The minimum absolute atomic E-state index is 0.0349. The molecule has 1 saturated heterocycles. The van der Waals surface area contributed by atoms with Crippen LogP contribution in [-0.4, -0.2) is 77.1 Å². The van der Waals surface area contributed by atoms with Crippen LogP contribution in [0.2, 0.25) is 0 Å². The summed E-state index contributed by atoms with van der Waals surface area (Å²) in [5, 5.41) is 49.9. The number of fused-ring (bicyclic) bond motifs is 2. The Balaban J connectivity index is 1.80. The minimum atomic E-state index is -1.69. The second-order valence-corrected chi connectivity index (χ2v) is 7.21. The number of methoxy groups -OCH3 is 2. The van der Waals surface area contributed by atoms with Gasteiger partial charge in [-0.3, -0.25) is 4.79 Å². The van der Waals surface area contributed by atoms with Crippen LogP contribution in [0.25, 0.3) is 21.9 Å². The maximum Gasteiger partial charge on any atom is 0.229 e. The Hall–Kier alpha value is -3.09.